The first-order chi connectivity index (χ1) is 11.9. The second-order valence-corrected chi connectivity index (χ2v) is 7.96. The van der Waals surface area contributed by atoms with Gasteiger partial charge in [0.1, 0.15) is 0 Å². The average Bonchev–Trinajstić information content (AvgIpc) is 3.09. The highest BCUT2D eigenvalue weighted by atomic mass is 79.9. The number of hydrogen-bond donors (Lipinski definition) is 1. The molecule has 0 unspecified atom stereocenters. The molecule has 0 atom stereocenters. The zero-order chi connectivity index (χ0) is 18.0. The molecular formula is C18H19BrN4OS. The molecule has 0 aliphatic carbocycles. The Morgan fingerprint density at radius 2 is 2.00 bits per heavy atom. The van der Waals surface area contributed by atoms with Gasteiger partial charge in [0.05, 0.1) is 12.1 Å². The minimum Gasteiger partial charge on any atom is -0.302 e. The fourth-order valence-electron chi connectivity index (χ4n) is 2.65. The highest BCUT2D eigenvalue weighted by Gasteiger charge is 2.14. The zero-order valence-electron chi connectivity index (χ0n) is 14.3. The maximum atomic E-state index is 12.3. The van der Waals surface area contributed by atoms with E-state index in [2.05, 4.69) is 43.5 Å². The predicted octanol–water partition coefficient (Wildman–Crippen LogP) is 4.03. The summed E-state index contributed by atoms with van der Waals surface area (Å²) in [6, 6.07) is 8.21. The minimum atomic E-state index is -0.0660. The van der Waals surface area contributed by atoms with Crippen LogP contribution in [0.15, 0.2) is 34.9 Å². The van der Waals surface area contributed by atoms with Crippen LogP contribution >= 0.6 is 27.3 Å². The lowest BCUT2D eigenvalue weighted by molar-refractivity contribution is -0.115. The Morgan fingerprint density at radius 3 is 2.64 bits per heavy atom. The normalized spacial score (nSPS) is 10.9. The molecule has 0 fully saturated rings. The van der Waals surface area contributed by atoms with Crippen molar-refractivity contribution in [1.29, 1.82) is 0 Å². The van der Waals surface area contributed by atoms with E-state index in [1.165, 1.54) is 16.9 Å². The van der Waals surface area contributed by atoms with Gasteiger partial charge in [0.2, 0.25) is 5.91 Å². The van der Waals surface area contributed by atoms with E-state index in [1.54, 1.807) is 4.68 Å². The van der Waals surface area contributed by atoms with Crippen LogP contribution in [0, 0.1) is 13.8 Å². The van der Waals surface area contributed by atoms with Crippen LogP contribution in [0.25, 0.3) is 0 Å². The summed E-state index contributed by atoms with van der Waals surface area (Å²) >= 11 is 4.95. The van der Waals surface area contributed by atoms with E-state index in [0.29, 0.717) is 11.6 Å². The number of aryl methyl sites for hydroxylation is 2. The van der Waals surface area contributed by atoms with E-state index in [-0.39, 0.29) is 5.91 Å². The standard InChI is InChI=1S/C18H19BrN4OS/c1-11-16(12(2)23(3)22-11)9-17(24)21-18-20-10-15(25-18)8-13-4-6-14(19)7-5-13/h4-7,10H,8-9H2,1-3H3,(H,20,21,24). The maximum absolute atomic E-state index is 12.3. The fourth-order valence-corrected chi connectivity index (χ4v) is 3.77. The van der Waals surface area contributed by atoms with Crippen molar-refractivity contribution in [3.05, 3.63) is 62.3 Å². The number of nitrogens with zero attached hydrogens (tertiary/aromatic N) is 3. The van der Waals surface area contributed by atoms with E-state index >= 15 is 0 Å². The van der Waals surface area contributed by atoms with Gasteiger partial charge in [0, 0.05) is 40.3 Å². The molecule has 0 saturated carbocycles. The second-order valence-electron chi connectivity index (χ2n) is 5.93. The van der Waals surface area contributed by atoms with E-state index in [1.807, 2.05) is 39.2 Å². The topological polar surface area (TPSA) is 59.8 Å². The Balaban J connectivity index is 1.62. The van der Waals surface area contributed by atoms with Crippen LogP contribution < -0.4 is 5.32 Å². The molecule has 25 heavy (non-hydrogen) atoms. The van der Waals surface area contributed by atoms with Crippen molar-refractivity contribution in [2.75, 3.05) is 5.32 Å². The Labute approximate surface area is 159 Å². The van der Waals surface area contributed by atoms with Gasteiger partial charge in [-0.2, -0.15) is 5.10 Å². The second kappa shape index (κ2) is 7.49. The number of nitrogens with one attached hydrogen (secondary N) is 1. The lowest BCUT2D eigenvalue weighted by Crippen LogP contribution is -2.15. The van der Waals surface area contributed by atoms with Crippen molar-refractivity contribution in [1.82, 2.24) is 14.8 Å². The molecule has 2 aromatic heterocycles. The molecule has 3 rings (SSSR count). The van der Waals surface area contributed by atoms with E-state index in [9.17, 15) is 4.79 Å². The van der Waals surface area contributed by atoms with Crippen LogP contribution in [0.2, 0.25) is 0 Å². The number of halogens is 1. The minimum absolute atomic E-state index is 0.0660. The smallest absolute Gasteiger partial charge is 0.230 e. The molecule has 1 amide bonds. The van der Waals surface area contributed by atoms with Crippen molar-refractivity contribution >= 4 is 38.3 Å². The van der Waals surface area contributed by atoms with E-state index in [0.717, 1.165) is 32.7 Å². The highest BCUT2D eigenvalue weighted by Crippen LogP contribution is 2.22. The van der Waals surface area contributed by atoms with Gasteiger partial charge in [-0.25, -0.2) is 4.98 Å². The van der Waals surface area contributed by atoms with Crippen molar-refractivity contribution in [3.63, 3.8) is 0 Å². The summed E-state index contributed by atoms with van der Waals surface area (Å²) in [6.07, 6.45) is 2.94. The largest absolute Gasteiger partial charge is 0.302 e. The molecule has 5 nitrogen and oxygen atoms in total. The van der Waals surface area contributed by atoms with Crippen LogP contribution in [0.1, 0.15) is 27.4 Å². The summed E-state index contributed by atoms with van der Waals surface area (Å²) in [5.74, 6) is -0.0660. The number of amides is 1. The van der Waals surface area contributed by atoms with Crippen LogP contribution in [0.3, 0.4) is 0 Å². The number of carbonyl (C=O) groups excluding carboxylic acids is 1. The number of carbonyl (C=O) groups is 1. The third-order valence-corrected chi connectivity index (χ3v) is 5.53. The maximum Gasteiger partial charge on any atom is 0.230 e. The number of hydrogen-bond acceptors (Lipinski definition) is 4. The van der Waals surface area contributed by atoms with Gasteiger partial charge in [-0.05, 0) is 31.5 Å². The third kappa shape index (κ3) is 4.35. The Kier molecular flexibility index (Phi) is 5.34. The molecule has 1 N–H and O–H groups in total. The monoisotopic (exact) mass is 418 g/mol. The van der Waals surface area contributed by atoms with Crippen LogP contribution in [-0.4, -0.2) is 20.7 Å². The number of rotatable bonds is 5. The highest BCUT2D eigenvalue weighted by molar-refractivity contribution is 9.10. The quantitative estimate of drug-likeness (QED) is 0.680. The first-order valence-corrected chi connectivity index (χ1v) is 9.51. The molecule has 1 aromatic carbocycles. The summed E-state index contributed by atoms with van der Waals surface area (Å²) < 4.78 is 2.87. The molecule has 0 aliphatic heterocycles. The Hall–Kier alpha value is -1.99. The molecule has 0 spiro atoms. The number of aromatic nitrogens is 3. The summed E-state index contributed by atoms with van der Waals surface area (Å²) in [5.41, 5.74) is 4.10. The van der Waals surface area contributed by atoms with Gasteiger partial charge in [0.25, 0.3) is 0 Å². The summed E-state index contributed by atoms with van der Waals surface area (Å²) in [5, 5.41) is 7.88. The molecule has 3 aromatic rings. The van der Waals surface area contributed by atoms with E-state index < -0.39 is 0 Å². The lowest BCUT2D eigenvalue weighted by Gasteiger charge is -2.03. The van der Waals surface area contributed by atoms with Crippen LogP contribution in [0.4, 0.5) is 5.13 Å². The van der Waals surface area contributed by atoms with Gasteiger partial charge >= 0.3 is 0 Å². The molecule has 0 radical (unpaired) electrons. The van der Waals surface area contributed by atoms with Crippen molar-refractivity contribution in [2.24, 2.45) is 7.05 Å². The zero-order valence-corrected chi connectivity index (χ0v) is 16.7. The van der Waals surface area contributed by atoms with E-state index in [4.69, 9.17) is 0 Å². The van der Waals surface area contributed by atoms with Gasteiger partial charge in [-0.1, -0.05) is 28.1 Å². The van der Waals surface area contributed by atoms with Crippen molar-refractivity contribution in [2.45, 2.75) is 26.7 Å². The molecule has 7 heteroatoms. The fraction of sp³-hybridized carbons (Fsp3) is 0.278. The van der Waals surface area contributed by atoms with Gasteiger partial charge in [0.15, 0.2) is 5.13 Å². The summed E-state index contributed by atoms with van der Waals surface area (Å²) in [6.45, 7) is 3.90. The number of benzene rings is 1. The first-order valence-electron chi connectivity index (χ1n) is 7.90. The molecule has 0 aliphatic rings. The molecule has 0 saturated heterocycles. The predicted molar refractivity (Wildman–Crippen MR) is 104 cm³/mol. The Bertz CT molecular complexity index is 898. The SMILES string of the molecule is Cc1nn(C)c(C)c1CC(=O)Nc1ncc(Cc2ccc(Br)cc2)s1. The molecule has 130 valence electrons. The summed E-state index contributed by atoms with van der Waals surface area (Å²) in [7, 11) is 1.89. The van der Waals surface area contributed by atoms with Gasteiger partial charge in [-0.15, -0.1) is 11.3 Å². The number of anilines is 1. The lowest BCUT2D eigenvalue weighted by atomic mass is 10.1. The Morgan fingerprint density at radius 1 is 1.28 bits per heavy atom. The van der Waals surface area contributed by atoms with Gasteiger partial charge < -0.3 is 5.32 Å². The number of thiazole rings is 1. The molecule has 2 heterocycles. The van der Waals surface area contributed by atoms with Gasteiger partial charge in [-0.3, -0.25) is 9.48 Å². The molecular weight excluding hydrogens is 400 g/mol. The third-order valence-electron chi connectivity index (χ3n) is 4.09. The average molecular weight is 419 g/mol. The van der Waals surface area contributed by atoms with Crippen molar-refractivity contribution in [3.8, 4) is 0 Å². The van der Waals surface area contributed by atoms with Crippen LogP contribution in [0.5, 0.6) is 0 Å². The summed E-state index contributed by atoms with van der Waals surface area (Å²) in [4.78, 5) is 17.7. The first kappa shape index (κ1) is 17.8. The van der Waals surface area contributed by atoms with Crippen LogP contribution in [-0.2, 0) is 24.7 Å². The molecule has 0 bridgehead atoms. The van der Waals surface area contributed by atoms with Crippen molar-refractivity contribution < 1.29 is 4.79 Å².